The molecule has 3 aromatic carbocycles. The number of nitrogens with one attached hydrogen (secondary N) is 1. The van der Waals surface area contributed by atoms with Crippen molar-refractivity contribution in [3.8, 4) is 10.6 Å². The highest BCUT2D eigenvalue weighted by atomic mass is 32.1. The van der Waals surface area contributed by atoms with Crippen LogP contribution in [0.2, 0.25) is 0 Å². The SMILES string of the molecule is Cc1ccc2nc(-c3ccc(NC(=O)Cc4coc5ccc(C(C)C)cc45)cc3)sc2c1. The van der Waals surface area contributed by atoms with Crippen LogP contribution in [0.5, 0.6) is 0 Å². The third kappa shape index (κ3) is 4.04. The molecule has 0 radical (unpaired) electrons. The first kappa shape index (κ1) is 20.5. The normalized spacial score (nSPS) is 11.5. The summed E-state index contributed by atoms with van der Waals surface area (Å²) in [5.74, 6) is 0.361. The molecule has 0 bridgehead atoms. The monoisotopic (exact) mass is 440 g/mol. The molecule has 0 fully saturated rings. The summed E-state index contributed by atoms with van der Waals surface area (Å²) < 4.78 is 6.83. The first-order chi connectivity index (χ1) is 15.5. The quantitative estimate of drug-likeness (QED) is 0.311. The summed E-state index contributed by atoms with van der Waals surface area (Å²) in [5.41, 5.74) is 7.02. The number of rotatable bonds is 5. The molecule has 1 amide bonds. The van der Waals surface area contributed by atoms with Crippen LogP contribution in [0.3, 0.4) is 0 Å². The zero-order valence-corrected chi connectivity index (χ0v) is 19.1. The van der Waals surface area contributed by atoms with Crippen molar-refractivity contribution in [2.45, 2.75) is 33.1 Å². The molecular weight excluding hydrogens is 416 g/mol. The highest BCUT2D eigenvalue weighted by Crippen LogP contribution is 2.31. The number of carbonyl (C=O) groups excluding carboxylic acids is 1. The van der Waals surface area contributed by atoms with Crippen molar-refractivity contribution in [3.63, 3.8) is 0 Å². The Morgan fingerprint density at radius 1 is 1.06 bits per heavy atom. The van der Waals surface area contributed by atoms with E-state index >= 15 is 0 Å². The maximum atomic E-state index is 12.7. The summed E-state index contributed by atoms with van der Waals surface area (Å²) in [6.07, 6.45) is 1.96. The van der Waals surface area contributed by atoms with Crippen molar-refractivity contribution in [1.29, 1.82) is 0 Å². The molecule has 0 unspecified atom stereocenters. The number of furan rings is 1. The summed E-state index contributed by atoms with van der Waals surface area (Å²) in [6.45, 7) is 6.41. The van der Waals surface area contributed by atoms with Crippen LogP contribution < -0.4 is 5.32 Å². The molecular formula is C27H24N2O2S. The Bertz CT molecular complexity index is 1430. The number of thiazole rings is 1. The van der Waals surface area contributed by atoms with Gasteiger partial charge in [-0.1, -0.05) is 26.0 Å². The van der Waals surface area contributed by atoms with E-state index in [4.69, 9.17) is 9.40 Å². The van der Waals surface area contributed by atoms with Crippen LogP contribution in [0.4, 0.5) is 5.69 Å². The predicted molar refractivity (Wildman–Crippen MR) is 132 cm³/mol. The molecule has 2 aromatic heterocycles. The third-order valence-corrected chi connectivity index (χ3v) is 6.72. The number of hydrogen-bond acceptors (Lipinski definition) is 4. The first-order valence-corrected chi connectivity index (χ1v) is 11.6. The number of anilines is 1. The van der Waals surface area contributed by atoms with Gasteiger partial charge in [-0.15, -0.1) is 11.3 Å². The Hall–Kier alpha value is -3.44. The molecule has 0 saturated heterocycles. The molecule has 5 rings (SSSR count). The highest BCUT2D eigenvalue weighted by Gasteiger charge is 2.13. The predicted octanol–water partition coefficient (Wildman–Crippen LogP) is 7.32. The van der Waals surface area contributed by atoms with E-state index < -0.39 is 0 Å². The van der Waals surface area contributed by atoms with Crippen LogP contribution in [0.1, 0.15) is 36.5 Å². The molecule has 0 aliphatic heterocycles. The fourth-order valence-corrected chi connectivity index (χ4v) is 4.89. The highest BCUT2D eigenvalue weighted by molar-refractivity contribution is 7.21. The second-order valence-corrected chi connectivity index (χ2v) is 9.49. The second-order valence-electron chi connectivity index (χ2n) is 8.46. The van der Waals surface area contributed by atoms with E-state index in [2.05, 4.69) is 56.4 Å². The van der Waals surface area contributed by atoms with Gasteiger partial charge in [-0.05, 0) is 72.5 Å². The number of amides is 1. The van der Waals surface area contributed by atoms with E-state index in [0.29, 0.717) is 5.92 Å². The van der Waals surface area contributed by atoms with Gasteiger partial charge in [0, 0.05) is 22.2 Å². The molecule has 0 saturated carbocycles. The van der Waals surface area contributed by atoms with E-state index in [1.54, 1.807) is 17.6 Å². The Balaban J connectivity index is 1.30. The summed E-state index contributed by atoms with van der Waals surface area (Å²) in [4.78, 5) is 17.4. The van der Waals surface area contributed by atoms with Crippen LogP contribution in [-0.2, 0) is 11.2 Å². The smallest absolute Gasteiger partial charge is 0.228 e. The molecule has 1 N–H and O–H groups in total. The Kier molecular flexibility index (Phi) is 5.27. The lowest BCUT2D eigenvalue weighted by molar-refractivity contribution is -0.115. The average molecular weight is 441 g/mol. The lowest BCUT2D eigenvalue weighted by atomic mass is 10.00. The van der Waals surface area contributed by atoms with Crippen molar-refractivity contribution >= 4 is 44.1 Å². The van der Waals surface area contributed by atoms with Crippen LogP contribution in [0.15, 0.2) is 71.3 Å². The summed E-state index contributed by atoms with van der Waals surface area (Å²) in [7, 11) is 0. The fourth-order valence-electron chi connectivity index (χ4n) is 3.83. The molecule has 0 aliphatic carbocycles. The summed E-state index contributed by atoms with van der Waals surface area (Å²) >= 11 is 1.68. The zero-order chi connectivity index (χ0) is 22.2. The van der Waals surface area contributed by atoms with Crippen molar-refractivity contribution in [2.75, 3.05) is 5.32 Å². The van der Waals surface area contributed by atoms with E-state index in [1.807, 2.05) is 30.3 Å². The van der Waals surface area contributed by atoms with E-state index in [9.17, 15) is 4.79 Å². The molecule has 5 heteroatoms. The third-order valence-electron chi connectivity index (χ3n) is 5.65. The zero-order valence-electron chi connectivity index (χ0n) is 18.3. The van der Waals surface area contributed by atoms with Gasteiger partial charge in [-0.2, -0.15) is 0 Å². The van der Waals surface area contributed by atoms with Crippen molar-refractivity contribution in [1.82, 2.24) is 4.98 Å². The Labute approximate surface area is 190 Å². The molecule has 0 spiro atoms. The fraction of sp³-hybridized carbons (Fsp3) is 0.185. The molecule has 2 heterocycles. The minimum atomic E-state index is -0.0640. The number of benzene rings is 3. The van der Waals surface area contributed by atoms with Gasteiger partial charge >= 0.3 is 0 Å². The molecule has 5 aromatic rings. The summed E-state index contributed by atoms with van der Waals surface area (Å²) in [6, 6.07) is 20.3. The number of hydrogen-bond donors (Lipinski definition) is 1. The van der Waals surface area contributed by atoms with E-state index in [0.717, 1.165) is 38.3 Å². The minimum absolute atomic E-state index is 0.0640. The van der Waals surface area contributed by atoms with Gasteiger partial charge in [0.05, 0.1) is 22.9 Å². The van der Waals surface area contributed by atoms with Crippen LogP contribution >= 0.6 is 11.3 Å². The van der Waals surface area contributed by atoms with Gasteiger partial charge < -0.3 is 9.73 Å². The standard InChI is InChI=1S/C27H24N2O2S/c1-16(2)19-7-11-24-22(13-19)20(15-31-24)14-26(30)28-21-8-5-18(6-9-21)27-29-23-10-4-17(3)12-25(23)32-27/h4-13,15-16H,14H2,1-3H3,(H,28,30). The maximum Gasteiger partial charge on any atom is 0.228 e. The van der Waals surface area contributed by atoms with Gasteiger partial charge in [0.15, 0.2) is 0 Å². The Morgan fingerprint density at radius 3 is 2.66 bits per heavy atom. The number of aromatic nitrogens is 1. The van der Waals surface area contributed by atoms with Gasteiger partial charge in [0.2, 0.25) is 5.91 Å². The van der Waals surface area contributed by atoms with Crippen molar-refractivity contribution in [3.05, 3.63) is 83.6 Å². The van der Waals surface area contributed by atoms with Gasteiger partial charge in [0.1, 0.15) is 10.6 Å². The van der Waals surface area contributed by atoms with Gasteiger partial charge in [-0.25, -0.2) is 4.98 Å². The number of fused-ring (bicyclic) bond motifs is 2. The van der Waals surface area contributed by atoms with Gasteiger partial charge in [0.25, 0.3) is 0 Å². The lowest BCUT2D eigenvalue weighted by Crippen LogP contribution is -2.14. The van der Waals surface area contributed by atoms with Crippen LogP contribution in [0, 0.1) is 6.92 Å². The maximum absolute atomic E-state index is 12.7. The first-order valence-electron chi connectivity index (χ1n) is 10.7. The number of carbonyl (C=O) groups is 1. The van der Waals surface area contributed by atoms with Crippen molar-refractivity contribution in [2.24, 2.45) is 0 Å². The second kappa shape index (κ2) is 8.24. The van der Waals surface area contributed by atoms with Crippen molar-refractivity contribution < 1.29 is 9.21 Å². The molecule has 0 aliphatic rings. The number of aryl methyl sites for hydroxylation is 1. The lowest BCUT2D eigenvalue weighted by Gasteiger charge is -2.07. The van der Waals surface area contributed by atoms with Crippen LogP contribution in [0.25, 0.3) is 31.8 Å². The van der Waals surface area contributed by atoms with Crippen LogP contribution in [-0.4, -0.2) is 10.9 Å². The number of nitrogens with zero attached hydrogens (tertiary/aromatic N) is 1. The summed E-state index contributed by atoms with van der Waals surface area (Å²) in [5, 5.41) is 4.99. The molecule has 32 heavy (non-hydrogen) atoms. The topological polar surface area (TPSA) is 55.1 Å². The molecule has 0 atom stereocenters. The molecule has 160 valence electrons. The van der Waals surface area contributed by atoms with E-state index in [1.165, 1.54) is 15.8 Å². The average Bonchev–Trinajstić information content (AvgIpc) is 3.37. The molecule has 4 nitrogen and oxygen atoms in total. The van der Waals surface area contributed by atoms with Gasteiger partial charge in [-0.3, -0.25) is 4.79 Å². The van der Waals surface area contributed by atoms with E-state index in [-0.39, 0.29) is 12.3 Å². The Morgan fingerprint density at radius 2 is 1.88 bits per heavy atom. The minimum Gasteiger partial charge on any atom is -0.464 e. The largest absolute Gasteiger partial charge is 0.464 e.